The minimum Gasteiger partial charge on any atom is -0.361 e. The van der Waals surface area contributed by atoms with Crippen molar-refractivity contribution in [2.24, 2.45) is 0 Å². The molecule has 1 aromatic heterocycles. The van der Waals surface area contributed by atoms with E-state index in [9.17, 15) is 0 Å². The van der Waals surface area contributed by atoms with E-state index < -0.39 is 8.07 Å². The van der Waals surface area contributed by atoms with E-state index in [4.69, 9.17) is 4.98 Å². The first kappa shape index (κ1) is 29.0. The van der Waals surface area contributed by atoms with Crippen LogP contribution in [0.3, 0.4) is 0 Å². The van der Waals surface area contributed by atoms with E-state index in [1.54, 1.807) is 0 Å². The lowest BCUT2D eigenvalue weighted by Crippen LogP contribution is -2.79. The number of para-hydroxylation sites is 1. The third-order valence-electron chi connectivity index (χ3n) is 9.91. The summed E-state index contributed by atoms with van der Waals surface area (Å²) in [5.74, 6) is 0. The SMILES string of the molecule is CN1C=CN(c2cccc(N(c3ccccc3)c3cccc([Si]4(c5ccccn5)c5ccccc5C(C)(C)c5ccccc54)c3)c2)C1. The van der Waals surface area contributed by atoms with E-state index in [-0.39, 0.29) is 5.41 Å². The number of benzene rings is 5. The van der Waals surface area contributed by atoms with Gasteiger partial charge in [0.05, 0.1) is 6.67 Å². The highest BCUT2D eigenvalue weighted by molar-refractivity contribution is 7.20. The molecule has 0 saturated carbocycles. The first-order chi connectivity index (χ1) is 23.0. The number of aromatic nitrogens is 1. The summed E-state index contributed by atoms with van der Waals surface area (Å²) >= 11 is 0. The molecule has 6 aromatic rings. The molecule has 5 heteroatoms. The van der Waals surface area contributed by atoms with Gasteiger partial charge in [0.15, 0.2) is 0 Å². The molecule has 2 aliphatic rings. The second-order valence-electron chi connectivity index (χ2n) is 13.1. The van der Waals surface area contributed by atoms with Crippen LogP contribution in [0.5, 0.6) is 0 Å². The van der Waals surface area contributed by atoms with Crippen LogP contribution in [0.2, 0.25) is 0 Å². The maximum absolute atomic E-state index is 5.18. The summed E-state index contributed by atoms with van der Waals surface area (Å²) in [6.45, 7) is 5.57. The highest BCUT2D eigenvalue weighted by Gasteiger charge is 2.52. The maximum Gasteiger partial charge on any atom is 0.202 e. The maximum atomic E-state index is 5.18. The Morgan fingerprint density at radius 2 is 1.23 bits per heavy atom. The number of anilines is 4. The molecule has 0 spiro atoms. The topological polar surface area (TPSA) is 22.6 Å². The van der Waals surface area contributed by atoms with Crippen LogP contribution in [0.4, 0.5) is 22.7 Å². The predicted octanol–water partition coefficient (Wildman–Crippen LogP) is 6.75. The molecule has 0 atom stereocenters. The summed E-state index contributed by atoms with van der Waals surface area (Å²) < 4.78 is 0. The molecule has 0 amide bonds. The zero-order valence-electron chi connectivity index (χ0n) is 27.1. The average molecular weight is 627 g/mol. The van der Waals surface area contributed by atoms with Crippen molar-refractivity contribution in [1.29, 1.82) is 0 Å². The Morgan fingerprint density at radius 1 is 0.617 bits per heavy atom. The molecule has 0 N–H and O–H groups in total. The second kappa shape index (κ2) is 11.4. The third-order valence-corrected chi connectivity index (χ3v) is 14.6. The second-order valence-corrected chi connectivity index (χ2v) is 16.8. The van der Waals surface area contributed by atoms with Gasteiger partial charge in [-0.1, -0.05) is 105 Å². The summed E-state index contributed by atoms with van der Waals surface area (Å²) in [6.07, 6.45) is 6.23. The van der Waals surface area contributed by atoms with E-state index in [0.717, 1.165) is 34.7 Å². The molecule has 8 rings (SSSR count). The van der Waals surface area contributed by atoms with E-state index in [0.29, 0.717) is 0 Å². The lowest BCUT2D eigenvalue weighted by Gasteiger charge is -2.46. The Morgan fingerprint density at radius 3 is 1.89 bits per heavy atom. The number of pyridine rings is 1. The van der Waals surface area contributed by atoms with Crippen LogP contribution in [0.15, 0.2) is 164 Å². The Bertz CT molecular complexity index is 2040. The summed E-state index contributed by atoms with van der Waals surface area (Å²) in [5, 5.41) is 5.31. The largest absolute Gasteiger partial charge is 0.361 e. The van der Waals surface area contributed by atoms with Gasteiger partial charge in [-0.3, -0.25) is 4.98 Å². The van der Waals surface area contributed by atoms with Gasteiger partial charge in [0.2, 0.25) is 8.07 Å². The summed E-state index contributed by atoms with van der Waals surface area (Å²) in [6, 6.07) is 53.5. The number of rotatable bonds is 6. The fourth-order valence-electron chi connectivity index (χ4n) is 7.73. The minimum absolute atomic E-state index is 0.134. The van der Waals surface area contributed by atoms with E-state index >= 15 is 0 Å². The van der Waals surface area contributed by atoms with Crippen LogP contribution in [0.1, 0.15) is 25.0 Å². The third kappa shape index (κ3) is 4.69. The van der Waals surface area contributed by atoms with E-state index in [1.807, 2.05) is 12.3 Å². The fraction of sp³-hybridized carbons (Fsp3) is 0.119. The molecule has 0 bridgehead atoms. The molecule has 230 valence electrons. The molecule has 47 heavy (non-hydrogen) atoms. The molecule has 0 unspecified atom stereocenters. The Kier molecular flexibility index (Phi) is 7.07. The molecule has 3 heterocycles. The van der Waals surface area contributed by atoms with Crippen molar-refractivity contribution in [3.8, 4) is 0 Å². The van der Waals surface area contributed by atoms with Crippen molar-refractivity contribution in [3.05, 3.63) is 175 Å². The molecular formula is C42H38N4Si. The highest BCUT2D eigenvalue weighted by atomic mass is 28.3. The van der Waals surface area contributed by atoms with E-state index in [1.165, 1.54) is 26.7 Å². The van der Waals surface area contributed by atoms with Crippen LogP contribution in [0, 0.1) is 0 Å². The molecule has 4 nitrogen and oxygen atoms in total. The smallest absolute Gasteiger partial charge is 0.202 e. The van der Waals surface area contributed by atoms with Gasteiger partial charge < -0.3 is 14.7 Å². The van der Waals surface area contributed by atoms with E-state index in [2.05, 4.69) is 188 Å². The van der Waals surface area contributed by atoms with Crippen LogP contribution < -0.4 is 30.7 Å². The van der Waals surface area contributed by atoms with Gasteiger partial charge in [-0.15, -0.1) is 0 Å². The van der Waals surface area contributed by atoms with Gasteiger partial charge in [-0.2, -0.15) is 0 Å². The van der Waals surface area contributed by atoms with Gasteiger partial charge in [-0.25, -0.2) is 0 Å². The average Bonchev–Trinajstić information content (AvgIpc) is 3.56. The zero-order valence-corrected chi connectivity index (χ0v) is 28.1. The van der Waals surface area contributed by atoms with Crippen molar-refractivity contribution in [2.45, 2.75) is 19.3 Å². The van der Waals surface area contributed by atoms with Gasteiger partial charge in [0.25, 0.3) is 0 Å². The van der Waals surface area contributed by atoms with Crippen molar-refractivity contribution >= 4 is 51.7 Å². The van der Waals surface area contributed by atoms with Crippen LogP contribution >= 0.6 is 0 Å². The van der Waals surface area contributed by atoms with Crippen LogP contribution in [0.25, 0.3) is 0 Å². The van der Waals surface area contributed by atoms with Gasteiger partial charge in [0.1, 0.15) is 0 Å². The Labute approximate surface area is 278 Å². The molecule has 0 fully saturated rings. The Hall–Kier alpha value is -5.39. The monoisotopic (exact) mass is 626 g/mol. The van der Waals surface area contributed by atoms with Gasteiger partial charge >= 0.3 is 0 Å². The normalized spacial score (nSPS) is 15.6. The summed E-state index contributed by atoms with van der Waals surface area (Å²) in [5.41, 5.74) is 7.17. The zero-order chi connectivity index (χ0) is 32.0. The van der Waals surface area contributed by atoms with Crippen molar-refractivity contribution in [1.82, 2.24) is 9.88 Å². The van der Waals surface area contributed by atoms with Crippen LogP contribution in [-0.2, 0) is 5.41 Å². The van der Waals surface area contributed by atoms with Crippen molar-refractivity contribution < 1.29 is 0 Å². The lowest BCUT2D eigenvalue weighted by molar-refractivity contribution is 0.496. The van der Waals surface area contributed by atoms with Crippen LogP contribution in [-0.4, -0.2) is 31.7 Å². The quantitative estimate of drug-likeness (QED) is 0.191. The predicted molar refractivity (Wildman–Crippen MR) is 199 cm³/mol. The van der Waals surface area contributed by atoms with Gasteiger partial charge in [0, 0.05) is 59.1 Å². The molecule has 2 aliphatic heterocycles. The molecule has 0 radical (unpaired) electrons. The standard InChI is InChI=1S/C42H38N4Si/c1-42(2)37-21-7-9-23-39(37)47(41-25-11-12-26-43-41,40-24-10-8-22-38(40)42)36-20-14-19-35(30-36)46(32-15-5-4-6-16-32)34-18-13-17-33(29-34)45-28-27-44(3)31-45/h4-30H,31H2,1-3H3. The molecule has 0 aliphatic carbocycles. The number of nitrogens with zero attached hydrogens (tertiary/aromatic N) is 4. The fourth-order valence-corrected chi connectivity index (χ4v) is 13.1. The van der Waals surface area contributed by atoms with Crippen molar-refractivity contribution in [2.75, 3.05) is 23.5 Å². The number of hydrogen-bond acceptors (Lipinski definition) is 4. The number of hydrogen-bond donors (Lipinski definition) is 0. The molecule has 0 saturated heterocycles. The molecular weight excluding hydrogens is 589 g/mol. The first-order valence-corrected chi connectivity index (χ1v) is 18.3. The highest BCUT2D eigenvalue weighted by Crippen LogP contribution is 2.38. The van der Waals surface area contributed by atoms with Crippen molar-refractivity contribution in [3.63, 3.8) is 0 Å². The Balaban J connectivity index is 1.38. The number of fused-ring (bicyclic) bond motifs is 2. The minimum atomic E-state index is -2.84. The molecule has 5 aromatic carbocycles. The first-order valence-electron chi connectivity index (χ1n) is 16.3. The summed E-state index contributed by atoms with van der Waals surface area (Å²) in [7, 11) is -0.741. The lowest BCUT2D eigenvalue weighted by atomic mass is 9.77. The summed E-state index contributed by atoms with van der Waals surface area (Å²) in [4.78, 5) is 12.0. The van der Waals surface area contributed by atoms with Gasteiger partial charge in [-0.05, 0) is 81.3 Å².